The molecule has 3 aromatic rings. The summed E-state index contributed by atoms with van der Waals surface area (Å²) < 4.78 is 11.2. The first kappa shape index (κ1) is 19.7. The fraction of sp³-hybridized carbons (Fsp3) is 0.261. The first-order chi connectivity index (χ1) is 14.4. The Balaban J connectivity index is 1.60. The fourth-order valence-electron chi connectivity index (χ4n) is 3.89. The van der Waals surface area contributed by atoms with E-state index in [1.165, 1.54) is 11.0 Å². The summed E-state index contributed by atoms with van der Waals surface area (Å²) >= 11 is 0. The van der Waals surface area contributed by atoms with Crippen molar-refractivity contribution in [3.63, 3.8) is 0 Å². The minimum absolute atomic E-state index is 0.295. The molecule has 7 heteroatoms. The van der Waals surface area contributed by atoms with Gasteiger partial charge in [-0.3, -0.25) is 9.59 Å². The molecule has 1 saturated heterocycles. The highest BCUT2D eigenvalue weighted by atomic mass is 16.5. The summed E-state index contributed by atoms with van der Waals surface area (Å²) in [7, 11) is 0. The molecule has 0 radical (unpaired) electrons. The Hall–Kier alpha value is -3.61. The molecule has 2 aromatic carbocycles. The Morgan fingerprint density at radius 1 is 1.17 bits per heavy atom. The molecule has 1 aliphatic rings. The summed E-state index contributed by atoms with van der Waals surface area (Å²) in [5, 5.41) is 0.764. The van der Waals surface area contributed by atoms with Gasteiger partial charge >= 0.3 is 5.63 Å². The van der Waals surface area contributed by atoms with Crippen molar-refractivity contribution in [1.82, 2.24) is 4.90 Å². The van der Waals surface area contributed by atoms with E-state index in [1.807, 2.05) is 30.3 Å². The third-order valence-electron chi connectivity index (χ3n) is 5.33. The van der Waals surface area contributed by atoms with Crippen LogP contribution in [0.2, 0.25) is 0 Å². The quantitative estimate of drug-likeness (QED) is 0.656. The first-order valence-electron chi connectivity index (χ1n) is 9.84. The van der Waals surface area contributed by atoms with Crippen molar-refractivity contribution < 1.29 is 18.7 Å². The lowest BCUT2D eigenvalue weighted by Gasteiger charge is -2.25. The zero-order valence-electron chi connectivity index (χ0n) is 16.5. The molecule has 154 valence electrons. The van der Waals surface area contributed by atoms with E-state index >= 15 is 0 Å². The standard InChI is InChI=1S/C23H22N2O5/c1-14(23(28)25-11-5-8-19(25)22(24)27)29-16-9-10-17-18(15-6-3-2-4-7-15)13-21(26)30-20(17)12-16/h2-4,6-7,9-10,12-14,19H,5,8,11H2,1H3,(H2,24,27)/t14-,19-/m0/s1. The van der Waals surface area contributed by atoms with Crippen molar-refractivity contribution >= 4 is 22.8 Å². The topological polar surface area (TPSA) is 103 Å². The molecule has 30 heavy (non-hydrogen) atoms. The molecule has 7 nitrogen and oxygen atoms in total. The predicted molar refractivity (Wildman–Crippen MR) is 112 cm³/mol. The molecule has 0 aliphatic carbocycles. The Kier molecular flexibility index (Phi) is 5.27. The van der Waals surface area contributed by atoms with Crippen LogP contribution in [0.5, 0.6) is 5.75 Å². The van der Waals surface area contributed by atoms with Crippen molar-refractivity contribution in [2.45, 2.75) is 31.9 Å². The maximum absolute atomic E-state index is 12.7. The highest BCUT2D eigenvalue weighted by Crippen LogP contribution is 2.30. The maximum Gasteiger partial charge on any atom is 0.336 e. The lowest BCUT2D eigenvalue weighted by molar-refractivity contribution is -0.142. The number of carbonyl (C=O) groups is 2. The predicted octanol–water partition coefficient (Wildman–Crippen LogP) is 2.70. The Labute approximate surface area is 173 Å². The van der Waals surface area contributed by atoms with Crippen LogP contribution in [0.3, 0.4) is 0 Å². The molecule has 1 aromatic heterocycles. The zero-order valence-corrected chi connectivity index (χ0v) is 16.5. The number of fused-ring (bicyclic) bond motifs is 1. The smallest absolute Gasteiger partial charge is 0.336 e. The molecule has 0 spiro atoms. The minimum atomic E-state index is -0.813. The lowest BCUT2D eigenvalue weighted by Crippen LogP contribution is -2.48. The molecule has 2 heterocycles. The van der Waals surface area contributed by atoms with E-state index in [4.69, 9.17) is 14.9 Å². The van der Waals surface area contributed by atoms with Gasteiger partial charge in [0.1, 0.15) is 17.4 Å². The molecule has 0 bridgehead atoms. The van der Waals surface area contributed by atoms with Crippen molar-refractivity contribution in [2.75, 3.05) is 6.54 Å². The van der Waals surface area contributed by atoms with Crippen molar-refractivity contribution in [2.24, 2.45) is 5.73 Å². The fourth-order valence-corrected chi connectivity index (χ4v) is 3.89. The van der Waals surface area contributed by atoms with Crippen LogP contribution >= 0.6 is 0 Å². The van der Waals surface area contributed by atoms with Gasteiger partial charge < -0.3 is 19.8 Å². The van der Waals surface area contributed by atoms with Crippen LogP contribution in [-0.4, -0.2) is 35.4 Å². The highest BCUT2D eigenvalue weighted by molar-refractivity contribution is 5.94. The van der Waals surface area contributed by atoms with Crippen molar-refractivity contribution in [3.8, 4) is 16.9 Å². The molecule has 2 atom stereocenters. The van der Waals surface area contributed by atoms with E-state index in [1.54, 1.807) is 25.1 Å². The average Bonchev–Trinajstić information content (AvgIpc) is 3.23. The van der Waals surface area contributed by atoms with Crippen LogP contribution in [-0.2, 0) is 9.59 Å². The normalized spacial score (nSPS) is 17.1. The number of rotatable bonds is 5. The lowest BCUT2D eigenvalue weighted by atomic mass is 10.0. The number of carbonyl (C=O) groups excluding carboxylic acids is 2. The average molecular weight is 406 g/mol. The Bertz CT molecular complexity index is 1160. The number of ether oxygens (including phenoxy) is 1. The monoisotopic (exact) mass is 406 g/mol. The molecular formula is C23H22N2O5. The number of amides is 2. The van der Waals surface area contributed by atoms with Gasteiger partial charge in [-0.2, -0.15) is 0 Å². The second-order valence-corrected chi connectivity index (χ2v) is 7.36. The van der Waals surface area contributed by atoms with E-state index in [0.29, 0.717) is 24.3 Å². The molecule has 0 unspecified atom stereocenters. The maximum atomic E-state index is 12.7. The van der Waals surface area contributed by atoms with Gasteiger partial charge in [0, 0.05) is 24.1 Å². The summed E-state index contributed by atoms with van der Waals surface area (Å²) in [6.45, 7) is 2.10. The van der Waals surface area contributed by atoms with Gasteiger partial charge in [0.15, 0.2) is 6.10 Å². The van der Waals surface area contributed by atoms with Gasteiger partial charge in [-0.25, -0.2) is 4.79 Å². The van der Waals surface area contributed by atoms with Gasteiger partial charge in [-0.15, -0.1) is 0 Å². The number of benzene rings is 2. The van der Waals surface area contributed by atoms with Gasteiger partial charge in [0.05, 0.1) is 0 Å². The number of hydrogen-bond donors (Lipinski definition) is 1. The summed E-state index contributed by atoms with van der Waals surface area (Å²) in [4.78, 5) is 37.9. The summed E-state index contributed by atoms with van der Waals surface area (Å²) in [5.74, 6) is -0.406. The highest BCUT2D eigenvalue weighted by Gasteiger charge is 2.35. The minimum Gasteiger partial charge on any atom is -0.481 e. The number of nitrogens with zero attached hydrogens (tertiary/aromatic N) is 1. The molecule has 1 fully saturated rings. The van der Waals surface area contributed by atoms with Crippen LogP contribution in [0.25, 0.3) is 22.1 Å². The largest absolute Gasteiger partial charge is 0.481 e. The van der Waals surface area contributed by atoms with Gasteiger partial charge in [0.25, 0.3) is 5.91 Å². The first-order valence-corrected chi connectivity index (χ1v) is 9.84. The molecule has 2 N–H and O–H groups in total. The molecule has 1 aliphatic heterocycles. The van der Waals surface area contributed by atoms with E-state index in [-0.39, 0.29) is 5.91 Å². The van der Waals surface area contributed by atoms with Crippen LogP contribution in [0, 0.1) is 0 Å². The van der Waals surface area contributed by atoms with E-state index in [2.05, 4.69) is 0 Å². The van der Waals surface area contributed by atoms with Crippen LogP contribution in [0.1, 0.15) is 19.8 Å². The third kappa shape index (κ3) is 3.78. The summed E-state index contributed by atoms with van der Waals surface area (Å²) in [6, 6.07) is 15.6. The second-order valence-electron chi connectivity index (χ2n) is 7.36. The van der Waals surface area contributed by atoms with Crippen LogP contribution in [0.15, 0.2) is 63.8 Å². The molecular weight excluding hydrogens is 384 g/mol. The van der Waals surface area contributed by atoms with Gasteiger partial charge in [0.2, 0.25) is 5.91 Å². The van der Waals surface area contributed by atoms with E-state index < -0.39 is 23.7 Å². The van der Waals surface area contributed by atoms with Crippen LogP contribution in [0.4, 0.5) is 0 Å². The molecule has 2 amide bonds. The van der Waals surface area contributed by atoms with Gasteiger partial charge in [-0.05, 0) is 43.0 Å². The summed E-state index contributed by atoms with van der Waals surface area (Å²) in [5.41, 5.74) is 6.97. The number of primary amides is 1. The Morgan fingerprint density at radius 2 is 1.93 bits per heavy atom. The number of nitrogens with two attached hydrogens (primary N) is 1. The second kappa shape index (κ2) is 8.02. The van der Waals surface area contributed by atoms with Crippen LogP contribution < -0.4 is 16.1 Å². The third-order valence-corrected chi connectivity index (χ3v) is 5.33. The van der Waals surface area contributed by atoms with E-state index in [0.717, 1.165) is 22.9 Å². The molecule has 4 rings (SSSR count). The van der Waals surface area contributed by atoms with Crippen molar-refractivity contribution in [3.05, 3.63) is 65.0 Å². The van der Waals surface area contributed by atoms with E-state index in [9.17, 15) is 14.4 Å². The number of likely N-dealkylation sites (tertiary alicyclic amines) is 1. The summed E-state index contributed by atoms with van der Waals surface area (Å²) in [6.07, 6.45) is 0.485. The number of hydrogen-bond acceptors (Lipinski definition) is 5. The zero-order chi connectivity index (χ0) is 21.3. The van der Waals surface area contributed by atoms with Crippen molar-refractivity contribution in [1.29, 1.82) is 0 Å². The van der Waals surface area contributed by atoms with Gasteiger partial charge in [-0.1, -0.05) is 30.3 Å². The SMILES string of the molecule is C[C@H](Oc1ccc2c(-c3ccccc3)cc(=O)oc2c1)C(=O)N1CCC[C@H]1C(N)=O. The molecule has 0 saturated carbocycles. The Morgan fingerprint density at radius 3 is 2.67 bits per heavy atom.